The predicted molar refractivity (Wildman–Crippen MR) is 81.6 cm³/mol. The van der Waals surface area contributed by atoms with Crippen LogP contribution in [0.15, 0.2) is 24.3 Å². The van der Waals surface area contributed by atoms with Crippen LogP contribution >= 0.6 is 0 Å². The molecule has 3 rings (SSSR count). The van der Waals surface area contributed by atoms with E-state index in [0.29, 0.717) is 0 Å². The molecule has 2 atom stereocenters. The molecule has 0 saturated carbocycles. The third kappa shape index (κ3) is 2.48. The lowest BCUT2D eigenvalue weighted by molar-refractivity contribution is -0.122. The van der Waals surface area contributed by atoms with Gasteiger partial charge in [-0.2, -0.15) is 0 Å². The van der Waals surface area contributed by atoms with Crippen molar-refractivity contribution in [3.05, 3.63) is 52.9 Å². The lowest BCUT2D eigenvalue weighted by Gasteiger charge is -2.23. The summed E-state index contributed by atoms with van der Waals surface area (Å²) in [5, 5.41) is 2.72. The van der Waals surface area contributed by atoms with Crippen molar-refractivity contribution in [1.82, 2.24) is 9.88 Å². The van der Waals surface area contributed by atoms with Crippen molar-refractivity contribution in [3.8, 4) is 5.75 Å². The van der Waals surface area contributed by atoms with Crippen molar-refractivity contribution in [2.75, 3.05) is 13.7 Å². The smallest absolute Gasteiger partial charge is 0.243 e. The molecule has 0 bridgehead atoms. The van der Waals surface area contributed by atoms with E-state index < -0.39 is 23.6 Å². The van der Waals surface area contributed by atoms with Crippen LogP contribution in [-0.2, 0) is 4.79 Å². The van der Waals surface area contributed by atoms with Gasteiger partial charge in [-0.15, -0.1) is 0 Å². The molecule has 1 aromatic heterocycles. The van der Waals surface area contributed by atoms with Gasteiger partial charge >= 0.3 is 0 Å². The summed E-state index contributed by atoms with van der Waals surface area (Å²) in [6.45, 7) is 3.94. The molecule has 0 unspecified atom stereocenters. The Bertz CT molecular complexity index is 727. The van der Waals surface area contributed by atoms with Crippen molar-refractivity contribution in [3.63, 3.8) is 0 Å². The van der Waals surface area contributed by atoms with E-state index in [9.17, 15) is 13.6 Å². The highest BCUT2D eigenvalue weighted by atomic mass is 19.1. The highest BCUT2D eigenvalue weighted by molar-refractivity contribution is 5.84. The summed E-state index contributed by atoms with van der Waals surface area (Å²) in [4.78, 5) is 12.3. The normalized spacial score (nSPS) is 20.7. The van der Waals surface area contributed by atoms with Crippen LogP contribution < -0.4 is 10.1 Å². The first-order chi connectivity index (χ1) is 10.9. The van der Waals surface area contributed by atoms with Gasteiger partial charge in [-0.25, -0.2) is 8.78 Å². The summed E-state index contributed by atoms with van der Waals surface area (Å²) in [6.07, 6.45) is 0. The average Bonchev–Trinajstić information content (AvgIpc) is 3.01. The van der Waals surface area contributed by atoms with E-state index in [-0.39, 0.29) is 23.8 Å². The Kier molecular flexibility index (Phi) is 3.83. The summed E-state index contributed by atoms with van der Waals surface area (Å²) >= 11 is 0. The van der Waals surface area contributed by atoms with Gasteiger partial charge in [0.1, 0.15) is 23.4 Å². The molecule has 1 aliphatic heterocycles. The molecule has 122 valence electrons. The number of nitrogens with zero attached hydrogens (tertiary/aromatic N) is 1. The van der Waals surface area contributed by atoms with E-state index in [1.54, 1.807) is 0 Å². The SMILES string of the molecule is COc1cc(F)c([C@@H]2CNC(=O)[C@H]2n2c(C)ccc2C)c(F)c1. The van der Waals surface area contributed by atoms with Crippen LogP contribution in [0, 0.1) is 25.5 Å². The Morgan fingerprint density at radius 1 is 1.17 bits per heavy atom. The summed E-state index contributed by atoms with van der Waals surface area (Å²) in [7, 11) is 1.35. The molecular formula is C17H18F2N2O2. The number of ether oxygens (including phenoxy) is 1. The molecule has 0 spiro atoms. The maximum absolute atomic E-state index is 14.4. The molecule has 1 amide bonds. The van der Waals surface area contributed by atoms with E-state index >= 15 is 0 Å². The summed E-state index contributed by atoms with van der Waals surface area (Å²) in [5.41, 5.74) is 1.68. The van der Waals surface area contributed by atoms with E-state index in [2.05, 4.69) is 5.32 Å². The second-order valence-corrected chi connectivity index (χ2v) is 5.79. The van der Waals surface area contributed by atoms with Gasteiger partial charge in [0.2, 0.25) is 5.91 Å². The average molecular weight is 320 g/mol. The molecule has 1 aliphatic rings. The number of methoxy groups -OCH3 is 1. The van der Waals surface area contributed by atoms with E-state index in [0.717, 1.165) is 23.5 Å². The molecule has 2 aromatic rings. The first kappa shape index (κ1) is 15.5. The molecule has 6 heteroatoms. The quantitative estimate of drug-likeness (QED) is 0.945. The van der Waals surface area contributed by atoms with Crippen LogP contribution in [-0.4, -0.2) is 24.1 Å². The molecule has 0 radical (unpaired) electrons. The van der Waals surface area contributed by atoms with Gasteiger partial charge in [-0.05, 0) is 26.0 Å². The zero-order valence-corrected chi connectivity index (χ0v) is 13.2. The molecule has 4 nitrogen and oxygen atoms in total. The number of aromatic nitrogens is 1. The van der Waals surface area contributed by atoms with Gasteiger partial charge in [0.15, 0.2) is 0 Å². The van der Waals surface area contributed by atoms with Crippen molar-refractivity contribution in [1.29, 1.82) is 0 Å². The van der Waals surface area contributed by atoms with E-state index in [4.69, 9.17) is 4.74 Å². The summed E-state index contributed by atoms with van der Waals surface area (Å²) in [5.74, 6) is -2.12. The Balaban J connectivity index is 2.11. The fourth-order valence-corrected chi connectivity index (χ4v) is 3.32. The minimum atomic E-state index is -0.698. The number of benzene rings is 1. The molecule has 1 fully saturated rings. The lowest BCUT2D eigenvalue weighted by Crippen LogP contribution is -2.25. The third-order valence-electron chi connectivity index (χ3n) is 4.41. The van der Waals surface area contributed by atoms with Crippen molar-refractivity contribution >= 4 is 5.91 Å². The highest BCUT2D eigenvalue weighted by Gasteiger charge is 2.40. The van der Waals surface area contributed by atoms with Crippen LogP contribution in [0.2, 0.25) is 0 Å². The first-order valence-corrected chi connectivity index (χ1v) is 7.39. The standard InChI is InChI=1S/C17H18F2N2O2/c1-9-4-5-10(2)21(9)16-12(8-20-17(16)22)15-13(18)6-11(23-3)7-14(15)19/h4-7,12,16H,8H2,1-3H3,(H,20,22)/t12-,16-/m0/s1. The van der Waals surface area contributed by atoms with Crippen molar-refractivity contribution in [2.24, 2.45) is 0 Å². The monoisotopic (exact) mass is 320 g/mol. The zero-order chi connectivity index (χ0) is 16.7. The second-order valence-electron chi connectivity index (χ2n) is 5.79. The Morgan fingerprint density at radius 3 is 2.26 bits per heavy atom. The highest BCUT2D eigenvalue weighted by Crippen LogP contribution is 2.38. The second kappa shape index (κ2) is 5.68. The molecule has 1 N–H and O–H groups in total. The van der Waals surface area contributed by atoms with E-state index in [1.807, 2.05) is 30.5 Å². The maximum Gasteiger partial charge on any atom is 0.243 e. The van der Waals surface area contributed by atoms with Crippen LogP contribution in [0.25, 0.3) is 0 Å². The van der Waals surface area contributed by atoms with Gasteiger partial charge in [0.25, 0.3) is 0 Å². The van der Waals surface area contributed by atoms with Gasteiger partial charge in [-0.1, -0.05) is 0 Å². The van der Waals surface area contributed by atoms with Crippen LogP contribution in [0.4, 0.5) is 8.78 Å². The number of hydrogen-bond donors (Lipinski definition) is 1. The topological polar surface area (TPSA) is 43.3 Å². The van der Waals surface area contributed by atoms with Gasteiger partial charge in [0, 0.05) is 41.5 Å². The fraction of sp³-hybridized carbons (Fsp3) is 0.353. The number of nitrogens with one attached hydrogen (secondary N) is 1. The Hall–Kier alpha value is -2.37. The van der Waals surface area contributed by atoms with Crippen molar-refractivity contribution in [2.45, 2.75) is 25.8 Å². The zero-order valence-electron chi connectivity index (χ0n) is 13.2. The molecule has 1 aromatic carbocycles. The predicted octanol–water partition coefficient (Wildman–Crippen LogP) is 2.85. The lowest BCUT2D eigenvalue weighted by atomic mass is 9.92. The molecule has 0 aliphatic carbocycles. The fourth-order valence-electron chi connectivity index (χ4n) is 3.32. The van der Waals surface area contributed by atoms with Crippen LogP contribution in [0.1, 0.15) is 28.9 Å². The van der Waals surface area contributed by atoms with Gasteiger partial charge in [0.05, 0.1) is 7.11 Å². The Labute approximate surface area is 133 Å². The van der Waals surface area contributed by atoms with Gasteiger partial charge < -0.3 is 14.6 Å². The summed E-state index contributed by atoms with van der Waals surface area (Å²) < 4.78 is 35.6. The number of amides is 1. The number of halogens is 2. The maximum atomic E-state index is 14.4. The number of carbonyl (C=O) groups excluding carboxylic acids is 1. The molecule has 1 saturated heterocycles. The first-order valence-electron chi connectivity index (χ1n) is 7.39. The van der Waals surface area contributed by atoms with Crippen LogP contribution in [0.5, 0.6) is 5.75 Å². The largest absolute Gasteiger partial charge is 0.497 e. The van der Waals surface area contributed by atoms with Crippen molar-refractivity contribution < 1.29 is 18.3 Å². The van der Waals surface area contributed by atoms with E-state index in [1.165, 1.54) is 7.11 Å². The minimum Gasteiger partial charge on any atom is -0.497 e. The molecular weight excluding hydrogens is 302 g/mol. The number of carbonyl (C=O) groups is 1. The number of rotatable bonds is 3. The minimum absolute atomic E-state index is 0.0818. The molecule has 23 heavy (non-hydrogen) atoms. The summed E-state index contributed by atoms with van der Waals surface area (Å²) in [6, 6.07) is 5.40. The van der Waals surface area contributed by atoms with Crippen LogP contribution in [0.3, 0.4) is 0 Å². The third-order valence-corrected chi connectivity index (χ3v) is 4.41. The number of aryl methyl sites for hydroxylation is 2. The number of hydrogen-bond acceptors (Lipinski definition) is 2. The Morgan fingerprint density at radius 2 is 1.74 bits per heavy atom. The molecule has 2 heterocycles. The van der Waals surface area contributed by atoms with Gasteiger partial charge in [-0.3, -0.25) is 4.79 Å².